The van der Waals surface area contributed by atoms with Crippen molar-refractivity contribution >= 4 is 23.1 Å². The van der Waals surface area contributed by atoms with Crippen LogP contribution >= 0.6 is 7.14 Å². The Bertz CT molecular complexity index is 918. The van der Waals surface area contributed by atoms with Gasteiger partial charge in [-0.2, -0.15) is 10.5 Å². The molecule has 0 atom stereocenters. The molecule has 24 heavy (non-hydrogen) atoms. The van der Waals surface area contributed by atoms with Gasteiger partial charge in [-0.05, 0) is 48.5 Å². The van der Waals surface area contributed by atoms with E-state index in [9.17, 15) is 4.57 Å². The van der Waals surface area contributed by atoms with Gasteiger partial charge < -0.3 is 4.57 Å². The van der Waals surface area contributed by atoms with Crippen molar-refractivity contribution < 1.29 is 4.57 Å². The molecular formula is C20H13N2OP. The molecule has 4 heteroatoms. The van der Waals surface area contributed by atoms with E-state index in [4.69, 9.17) is 10.5 Å². The molecule has 0 bridgehead atoms. The molecule has 0 heterocycles. The molecule has 0 aromatic heterocycles. The summed E-state index contributed by atoms with van der Waals surface area (Å²) in [6.07, 6.45) is 0. The molecular weight excluding hydrogens is 315 g/mol. The Labute approximate surface area is 140 Å². The fourth-order valence-electron chi connectivity index (χ4n) is 2.58. The van der Waals surface area contributed by atoms with Gasteiger partial charge in [0.05, 0.1) is 23.3 Å². The summed E-state index contributed by atoms with van der Waals surface area (Å²) in [5, 5.41) is 20.0. The van der Waals surface area contributed by atoms with Crippen molar-refractivity contribution in [3.05, 3.63) is 90.0 Å². The van der Waals surface area contributed by atoms with Crippen molar-refractivity contribution in [2.75, 3.05) is 0 Å². The summed E-state index contributed by atoms with van der Waals surface area (Å²) in [6.45, 7) is 0. The zero-order valence-electron chi connectivity index (χ0n) is 12.8. The standard InChI is InChI=1S/C20H13N2OP/c21-14-16-6-10-19(11-7-16)24(23,18-4-2-1-3-5-18)20-12-8-17(15-22)9-13-20/h1-13H. The van der Waals surface area contributed by atoms with Crippen LogP contribution in [0.3, 0.4) is 0 Å². The Balaban J connectivity index is 2.22. The topological polar surface area (TPSA) is 64.7 Å². The van der Waals surface area contributed by atoms with E-state index in [0.29, 0.717) is 21.7 Å². The van der Waals surface area contributed by atoms with Crippen LogP contribution in [0.25, 0.3) is 0 Å². The van der Waals surface area contributed by atoms with E-state index in [1.54, 1.807) is 48.5 Å². The van der Waals surface area contributed by atoms with E-state index in [0.717, 1.165) is 5.30 Å². The molecule has 3 nitrogen and oxygen atoms in total. The predicted octanol–water partition coefficient (Wildman–Crippen LogP) is 3.07. The molecule has 3 aromatic carbocycles. The second-order valence-electron chi connectivity index (χ2n) is 5.26. The van der Waals surface area contributed by atoms with E-state index in [-0.39, 0.29) is 0 Å². The lowest BCUT2D eigenvalue weighted by molar-refractivity contribution is 0.592. The minimum atomic E-state index is -3.06. The van der Waals surface area contributed by atoms with E-state index in [1.807, 2.05) is 30.3 Å². The fourth-order valence-corrected chi connectivity index (χ4v) is 5.20. The zero-order chi connectivity index (χ0) is 17.0. The molecule has 0 fully saturated rings. The van der Waals surface area contributed by atoms with Gasteiger partial charge in [0.1, 0.15) is 0 Å². The van der Waals surface area contributed by atoms with Gasteiger partial charge in [-0.3, -0.25) is 0 Å². The highest BCUT2D eigenvalue weighted by molar-refractivity contribution is 7.85. The van der Waals surface area contributed by atoms with Crippen molar-refractivity contribution in [1.82, 2.24) is 0 Å². The summed E-state index contributed by atoms with van der Waals surface area (Å²) >= 11 is 0. The number of nitriles is 2. The monoisotopic (exact) mass is 328 g/mol. The second-order valence-corrected chi connectivity index (χ2v) is 8.03. The molecule has 114 valence electrons. The van der Waals surface area contributed by atoms with Gasteiger partial charge in [0.2, 0.25) is 0 Å². The summed E-state index contributed by atoms with van der Waals surface area (Å²) < 4.78 is 14.1. The SMILES string of the molecule is N#Cc1ccc(P(=O)(c2ccccc2)c2ccc(C#N)cc2)cc1. The summed E-state index contributed by atoms with van der Waals surface area (Å²) in [4.78, 5) is 0. The quantitative estimate of drug-likeness (QED) is 0.694. The molecule has 0 radical (unpaired) electrons. The molecule has 0 N–H and O–H groups in total. The fraction of sp³-hybridized carbons (Fsp3) is 0. The maximum atomic E-state index is 14.1. The van der Waals surface area contributed by atoms with Gasteiger partial charge in [0, 0.05) is 15.9 Å². The molecule has 0 aliphatic heterocycles. The third-order valence-corrected chi connectivity index (χ3v) is 6.92. The van der Waals surface area contributed by atoms with Gasteiger partial charge in [0.15, 0.2) is 7.14 Å². The summed E-state index contributed by atoms with van der Waals surface area (Å²) in [5.41, 5.74) is 1.05. The third-order valence-electron chi connectivity index (χ3n) is 3.84. The Morgan fingerprint density at radius 3 is 1.33 bits per heavy atom. The van der Waals surface area contributed by atoms with Crippen LogP contribution in [0.2, 0.25) is 0 Å². The van der Waals surface area contributed by atoms with E-state index in [1.165, 1.54) is 0 Å². The van der Waals surface area contributed by atoms with Crippen LogP contribution in [0.15, 0.2) is 78.9 Å². The first kappa shape index (κ1) is 15.8. The van der Waals surface area contributed by atoms with Crippen LogP contribution in [-0.4, -0.2) is 0 Å². The largest absolute Gasteiger partial charge is 0.309 e. The Hall–Kier alpha value is -3.13. The zero-order valence-corrected chi connectivity index (χ0v) is 13.6. The van der Waals surface area contributed by atoms with Crippen LogP contribution < -0.4 is 15.9 Å². The molecule has 0 amide bonds. The first-order valence-corrected chi connectivity index (χ1v) is 9.06. The van der Waals surface area contributed by atoms with E-state index < -0.39 is 7.14 Å². The maximum absolute atomic E-state index is 14.1. The van der Waals surface area contributed by atoms with Crippen molar-refractivity contribution in [2.45, 2.75) is 0 Å². The summed E-state index contributed by atoms with van der Waals surface area (Å²) in [7, 11) is -3.06. The van der Waals surface area contributed by atoms with Crippen LogP contribution in [-0.2, 0) is 4.57 Å². The highest BCUT2D eigenvalue weighted by Crippen LogP contribution is 2.42. The van der Waals surface area contributed by atoms with Crippen molar-refractivity contribution in [3.63, 3.8) is 0 Å². The molecule has 0 aliphatic carbocycles. The first-order chi connectivity index (χ1) is 11.7. The normalized spacial score (nSPS) is 10.6. The van der Waals surface area contributed by atoms with Gasteiger partial charge in [-0.1, -0.05) is 30.3 Å². The minimum Gasteiger partial charge on any atom is -0.309 e. The number of hydrogen-bond donors (Lipinski definition) is 0. The van der Waals surface area contributed by atoms with Gasteiger partial charge >= 0.3 is 0 Å². The first-order valence-electron chi connectivity index (χ1n) is 7.35. The molecule has 3 rings (SSSR count). The Morgan fingerprint density at radius 1 is 0.583 bits per heavy atom. The number of nitrogens with zero attached hydrogens (tertiary/aromatic N) is 2. The van der Waals surface area contributed by atoms with Crippen LogP contribution in [0.4, 0.5) is 0 Å². The van der Waals surface area contributed by atoms with E-state index >= 15 is 0 Å². The van der Waals surface area contributed by atoms with Crippen molar-refractivity contribution in [2.24, 2.45) is 0 Å². The third kappa shape index (κ3) is 2.74. The molecule has 0 spiro atoms. The van der Waals surface area contributed by atoms with Crippen LogP contribution in [0, 0.1) is 22.7 Å². The highest BCUT2D eigenvalue weighted by Gasteiger charge is 2.29. The number of benzene rings is 3. The smallest absolute Gasteiger partial charge is 0.171 e. The van der Waals surface area contributed by atoms with Gasteiger partial charge in [-0.25, -0.2) is 0 Å². The van der Waals surface area contributed by atoms with Crippen LogP contribution in [0.5, 0.6) is 0 Å². The Morgan fingerprint density at radius 2 is 0.958 bits per heavy atom. The second kappa shape index (κ2) is 6.55. The maximum Gasteiger partial charge on any atom is 0.171 e. The number of hydrogen-bond acceptors (Lipinski definition) is 3. The highest BCUT2D eigenvalue weighted by atomic mass is 31.2. The summed E-state index contributed by atoms with van der Waals surface area (Å²) in [5.74, 6) is 0. The number of rotatable bonds is 3. The van der Waals surface area contributed by atoms with E-state index in [2.05, 4.69) is 12.1 Å². The average Bonchev–Trinajstić information content (AvgIpc) is 2.68. The lowest BCUT2D eigenvalue weighted by Gasteiger charge is -2.20. The lowest BCUT2D eigenvalue weighted by atomic mass is 10.2. The molecule has 3 aromatic rings. The van der Waals surface area contributed by atoms with Gasteiger partial charge in [0.25, 0.3) is 0 Å². The van der Waals surface area contributed by atoms with Gasteiger partial charge in [-0.15, -0.1) is 0 Å². The Kier molecular flexibility index (Phi) is 4.30. The predicted molar refractivity (Wildman–Crippen MR) is 95.3 cm³/mol. The minimum absolute atomic E-state index is 0.526. The summed E-state index contributed by atoms with van der Waals surface area (Å²) in [6, 6.07) is 27.1. The average molecular weight is 328 g/mol. The molecule has 0 saturated carbocycles. The lowest BCUT2D eigenvalue weighted by Crippen LogP contribution is -2.25. The molecule has 0 saturated heterocycles. The van der Waals surface area contributed by atoms with Crippen LogP contribution in [0.1, 0.15) is 11.1 Å². The molecule has 0 aliphatic rings. The van der Waals surface area contributed by atoms with Crippen molar-refractivity contribution in [3.8, 4) is 12.1 Å². The van der Waals surface area contributed by atoms with Crippen molar-refractivity contribution in [1.29, 1.82) is 10.5 Å². The molecule has 0 unspecified atom stereocenters.